The summed E-state index contributed by atoms with van der Waals surface area (Å²) in [5.41, 5.74) is 3.28. The number of aryl methyl sites for hydroxylation is 3. The van der Waals surface area contributed by atoms with Crippen molar-refractivity contribution >= 4 is 28.2 Å². The molecule has 0 radical (unpaired) electrons. The summed E-state index contributed by atoms with van der Waals surface area (Å²) < 4.78 is 4.24. The van der Waals surface area contributed by atoms with Crippen LogP contribution in [-0.2, 0) is 18.9 Å². The van der Waals surface area contributed by atoms with Crippen LogP contribution in [0, 0.1) is 13.8 Å². The predicted molar refractivity (Wildman–Crippen MR) is 101 cm³/mol. The summed E-state index contributed by atoms with van der Waals surface area (Å²) in [6, 6.07) is 1.87. The van der Waals surface area contributed by atoms with E-state index in [2.05, 4.69) is 10.3 Å². The minimum atomic E-state index is -0.427. The number of hydrogen-bond donors (Lipinski definition) is 1. The number of hydrogen-bond acceptors (Lipinski definition) is 5. The monoisotopic (exact) mass is 355 g/mol. The Bertz CT molecular complexity index is 1220. The van der Waals surface area contributed by atoms with Crippen LogP contribution in [0.1, 0.15) is 25.2 Å². The Morgan fingerprint density at radius 3 is 2.38 bits per heavy atom. The summed E-state index contributed by atoms with van der Waals surface area (Å²) >= 11 is 0. The molecule has 0 saturated heterocycles. The molecular weight excluding hydrogens is 334 g/mol. The molecule has 136 valence electrons. The van der Waals surface area contributed by atoms with Gasteiger partial charge in [-0.05, 0) is 39.8 Å². The van der Waals surface area contributed by atoms with Gasteiger partial charge in [-0.15, -0.1) is 0 Å². The van der Waals surface area contributed by atoms with Crippen LogP contribution in [0.15, 0.2) is 27.4 Å². The standard InChI is InChI=1S/C18H21N5O3/c1-9-7-11(3)23-15-14(21(5)18(26)22(6)17(15)25)13(16(23)20-9)19-10(2)8-12(4)24/h7-8,19H,1-6H3/b10-8-. The highest BCUT2D eigenvalue weighted by molar-refractivity contribution is 6.00. The molecule has 0 unspecified atom stereocenters. The zero-order valence-corrected chi connectivity index (χ0v) is 15.7. The lowest BCUT2D eigenvalue weighted by Gasteiger charge is -2.08. The average Bonchev–Trinajstić information content (AvgIpc) is 2.85. The van der Waals surface area contributed by atoms with Gasteiger partial charge in [-0.1, -0.05) is 0 Å². The fourth-order valence-electron chi connectivity index (χ4n) is 3.31. The highest BCUT2D eigenvalue weighted by atomic mass is 16.2. The Balaban J connectivity index is 2.58. The van der Waals surface area contributed by atoms with Gasteiger partial charge in [0.05, 0.1) is 0 Å². The van der Waals surface area contributed by atoms with E-state index in [4.69, 9.17) is 0 Å². The number of fused-ring (bicyclic) bond motifs is 3. The summed E-state index contributed by atoms with van der Waals surface area (Å²) in [4.78, 5) is 41.2. The van der Waals surface area contributed by atoms with Gasteiger partial charge in [-0.25, -0.2) is 9.78 Å². The first-order valence-corrected chi connectivity index (χ1v) is 8.17. The first-order valence-electron chi connectivity index (χ1n) is 8.17. The van der Waals surface area contributed by atoms with Gasteiger partial charge >= 0.3 is 5.69 Å². The number of nitrogens with one attached hydrogen (secondary N) is 1. The van der Waals surface area contributed by atoms with E-state index in [1.165, 1.54) is 24.6 Å². The molecule has 0 bridgehead atoms. The van der Waals surface area contributed by atoms with Gasteiger partial charge in [0.15, 0.2) is 11.4 Å². The topological polar surface area (TPSA) is 90.4 Å². The number of anilines is 1. The zero-order valence-electron chi connectivity index (χ0n) is 15.7. The van der Waals surface area contributed by atoms with Gasteiger partial charge in [0.25, 0.3) is 5.56 Å². The molecule has 0 atom stereocenters. The van der Waals surface area contributed by atoms with Crippen LogP contribution in [-0.4, -0.2) is 24.3 Å². The average molecular weight is 355 g/mol. The smallest absolute Gasteiger partial charge is 0.331 e. The highest BCUT2D eigenvalue weighted by Crippen LogP contribution is 2.30. The van der Waals surface area contributed by atoms with Crippen molar-refractivity contribution in [2.45, 2.75) is 27.7 Å². The molecule has 26 heavy (non-hydrogen) atoms. The fraction of sp³-hybridized carbons (Fsp3) is 0.333. The molecule has 8 heteroatoms. The molecule has 0 aromatic carbocycles. The van der Waals surface area contributed by atoms with Crippen molar-refractivity contribution in [1.82, 2.24) is 18.5 Å². The lowest BCUT2D eigenvalue weighted by atomic mass is 10.3. The van der Waals surface area contributed by atoms with E-state index < -0.39 is 11.2 Å². The lowest BCUT2D eigenvalue weighted by Crippen LogP contribution is -2.37. The van der Waals surface area contributed by atoms with Gasteiger partial charge in [-0.2, -0.15) is 0 Å². The maximum absolute atomic E-state index is 12.8. The van der Waals surface area contributed by atoms with Crippen LogP contribution >= 0.6 is 0 Å². The molecule has 0 fully saturated rings. The molecule has 0 aliphatic carbocycles. The van der Waals surface area contributed by atoms with E-state index in [-0.39, 0.29) is 5.78 Å². The van der Waals surface area contributed by atoms with E-state index in [1.807, 2.05) is 19.9 Å². The van der Waals surface area contributed by atoms with Crippen LogP contribution in [0.4, 0.5) is 5.69 Å². The van der Waals surface area contributed by atoms with Gasteiger partial charge in [0.1, 0.15) is 16.7 Å². The maximum atomic E-state index is 12.8. The van der Waals surface area contributed by atoms with E-state index in [1.54, 1.807) is 18.4 Å². The van der Waals surface area contributed by atoms with Crippen LogP contribution < -0.4 is 16.6 Å². The predicted octanol–water partition coefficient (Wildman–Crippen LogP) is 1.41. The van der Waals surface area contributed by atoms with E-state index >= 15 is 0 Å². The quantitative estimate of drug-likeness (QED) is 0.718. The third-order valence-corrected chi connectivity index (χ3v) is 4.33. The molecular formula is C18H21N5O3. The third kappa shape index (κ3) is 2.54. The molecule has 3 heterocycles. The number of aromatic nitrogens is 4. The summed E-state index contributed by atoms with van der Waals surface area (Å²) in [5.74, 6) is -0.104. The van der Waals surface area contributed by atoms with E-state index in [9.17, 15) is 14.4 Å². The van der Waals surface area contributed by atoms with Crippen LogP contribution in [0.25, 0.3) is 16.7 Å². The Morgan fingerprint density at radius 2 is 1.77 bits per heavy atom. The Hall–Kier alpha value is -3.16. The van der Waals surface area contributed by atoms with Crippen LogP contribution in [0.3, 0.4) is 0 Å². The minimum Gasteiger partial charge on any atom is -0.354 e. The van der Waals surface area contributed by atoms with Gasteiger partial charge < -0.3 is 5.32 Å². The molecule has 1 N–H and O–H groups in total. The third-order valence-electron chi connectivity index (χ3n) is 4.33. The van der Waals surface area contributed by atoms with Crippen molar-refractivity contribution in [1.29, 1.82) is 0 Å². The largest absolute Gasteiger partial charge is 0.354 e. The van der Waals surface area contributed by atoms with Gasteiger partial charge in [0, 0.05) is 31.2 Å². The number of nitrogens with zero attached hydrogens (tertiary/aromatic N) is 4. The Morgan fingerprint density at radius 1 is 1.12 bits per heavy atom. The number of carbonyl (C=O) groups is 1. The molecule has 0 saturated carbocycles. The Labute approximate surface area is 149 Å². The van der Waals surface area contributed by atoms with Crippen molar-refractivity contribution in [2.24, 2.45) is 14.1 Å². The van der Waals surface area contributed by atoms with E-state index in [0.717, 1.165) is 16.0 Å². The summed E-state index contributed by atoms with van der Waals surface area (Å²) in [7, 11) is 3.06. The first-order chi connectivity index (χ1) is 12.1. The van der Waals surface area contributed by atoms with Gasteiger partial charge in [-0.3, -0.25) is 23.1 Å². The summed E-state index contributed by atoms with van der Waals surface area (Å²) in [6.07, 6.45) is 1.46. The maximum Gasteiger partial charge on any atom is 0.331 e. The molecule has 0 amide bonds. The molecule has 8 nitrogen and oxygen atoms in total. The van der Waals surface area contributed by atoms with Crippen LogP contribution in [0.5, 0.6) is 0 Å². The second-order valence-electron chi connectivity index (χ2n) is 6.54. The van der Waals surface area contributed by atoms with Crippen molar-refractivity contribution < 1.29 is 4.79 Å². The number of allylic oxidation sites excluding steroid dienone is 2. The SMILES string of the molecule is CC(=O)/C=C(/C)Nc1c2c(c(=O)n(C)c(=O)n2C)n2c(C)cc(C)nc12. The summed E-state index contributed by atoms with van der Waals surface area (Å²) in [5, 5.41) is 3.16. The molecule has 3 aromatic rings. The molecule has 3 aromatic heterocycles. The number of carbonyl (C=O) groups excluding carboxylic acids is 1. The van der Waals surface area contributed by atoms with Crippen LogP contribution in [0.2, 0.25) is 0 Å². The Kier molecular flexibility index (Phi) is 4.06. The normalized spacial score (nSPS) is 12.2. The lowest BCUT2D eigenvalue weighted by molar-refractivity contribution is -0.112. The molecule has 0 spiro atoms. The zero-order chi connectivity index (χ0) is 19.3. The van der Waals surface area contributed by atoms with Crippen molar-refractivity contribution in [2.75, 3.05) is 5.32 Å². The molecule has 0 aliphatic rings. The highest BCUT2D eigenvalue weighted by Gasteiger charge is 2.22. The first kappa shape index (κ1) is 17.7. The second kappa shape index (κ2) is 5.98. The fourth-order valence-corrected chi connectivity index (χ4v) is 3.31. The number of rotatable bonds is 3. The van der Waals surface area contributed by atoms with Crippen molar-refractivity contribution in [3.8, 4) is 0 Å². The minimum absolute atomic E-state index is 0.104. The van der Waals surface area contributed by atoms with E-state index in [0.29, 0.717) is 28.1 Å². The van der Waals surface area contributed by atoms with Gasteiger partial charge in [0.2, 0.25) is 0 Å². The molecule has 0 aliphatic heterocycles. The van der Waals surface area contributed by atoms with Crippen molar-refractivity contribution in [3.63, 3.8) is 0 Å². The summed E-state index contributed by atoms with van der Waals surface area (Å²) in [6.45, 7) is 6.95. The second-order valence-corrected chi connectivity index (χ2v) is 6.54. The molecule has 3 rings (SSSR count). The number of ketones is 1. The van der Waals surface area contributed by atoms with Crippen molar-refractivity contribution in [3.05, 3.63) is 50.1 Å².